The summed E-state index contributed by atoms with van der Waals surface area (Å²) in [5, 5.41) is 0. The molecule has 0 saturated carbocycles. The summed E-state index contributed by atoms with van der Waals surface area (Å²) in [7, 11) is 0. The van der Waals surface area contributed by atoms with Gasteiger partial charge in [-0.25, -0.2) is 9.97 Å². The van der Waals surface area contributed by atoms with E-state index in [0.717, 1.165) is 0 Å². The minimum Gasteiger partial charge on any atom is -0.469 e. The van der Waals surface area contributed by atoms with Gasteiger partial charge in [0.15, 0.2) is 0 Å². The first-order chi connectivity index (χ1) is 6.75. The zero-order valence-electron chi connectivity index (χ0n) is 7.34. The number of hydrogen-bond donors (Lipinski definition) is 1. The van der Waals surface area contributed by atoms with E-state index in [-0.39, 0.29) is 11.8 Å². The number of primary amides is 1. The van der Waals surface area contributed by atoms with E-state index >= 15 is 0 Å². The Kier molecular flexibility index (Phi) is 2.28. The molecule has 1 aromatic heterocycles. The summed E-state index contributed by atoms with van der Waals surface area (Å²) in [5.41, 5.74) is 5.20. The van der Waals surface area contributed by atoms with Crippen molar-refractivity contribution in [2.45, 2.75) is 6.10 Å². The van der Waals surface area contributed by atoms with E-state index in [1.165, 1.54) is 12.4 Å². The van der Waals surface area contributed by atoms with Crippen LogP contribution in [0.3, 0.4) is 0 Å². The van der Waals surface area contributed by atoms with E-state index in [1.807, 2.05) is 0 Å². The normalized spacial score (nSPS) is 16.0. The molecule has 6 nitrogen and oxygen atoms in total. The van der Waals surface area contributed by atoms with Crippen molar-refractivity contribution >= 4 is 5.91 Å². The second-order valence-corrected chi connectivity index (χ2v) is 2.88. The van der Waals surface area contributed by atoms with Crippen molar-refractivity contribution in [1.29, 1.82) is 0 Å². The van der Waals surface area contributed by atoms with Gasteiger partial charge in [-0.05, 0) is 0 Å². The van der Waals surface area contributed by atoms with Gasteiger partial charge < -0.3 is 15.2 Å². The van der Waals surface area contributed by atoms with E-state index in [9.17, 15) is 4.79 Å². The Hall–Kier alpha value is -1.69. The lowest BCUT2D eigenvalue weighted by Crippen LogP contribution is -2.38. The maximum atomic E-state index is 10.8. The molecule has 0 aliphatic carbocycles. The lowest BCUT2D eigenvalue weighted by atomic mass is 10.3. The molecule has 1 fully saturated rings. The molecule has 74 valence electrons. The van der Waals surface area contributed by atoms with Crippen LogP contribution in [0.15, 0.2) is 12.4 Å². The first-order valence-corrected chi connectivity index (χ1v) is 4.12. The Morgan fingerprint density at radius 3 is 2.93 bits per heavy atom. The maximum absolute atomic E-state index is 10.8. The Morgan fingerprint density at radius 1 is 1.57 bits per heavy atom. The van der Waals surface area contributed by atoms with E-state index in [2.05, 4.69) is 9.97 Å². The van der Waals surface area contributed by atoms with Crippen LogP contribution in [0.25, 0.3) is 0 Å². The van der Waals surface area contributed by atoms with Crippen LogP contribution in [0.5, 0.6) is 5.88 Å². The molecule has 1 aromatic rings. The van der Waals surface area contributed by atoms with E-state index < -0.39 is 5.91 Å². The number of ether oxygens (including phenoxy) is 2. The van der Waals surface area contributed by atoms with Gasteiger partial charge >= 0.3 is 0 Å². The van der Waals surface area contributed by atoms with E-state index in [1.54, 1.807) is 0 Å². The molecule has 0 atom stereocenters. The number of aromatic nitrogens is 2. The molecule has 1 amide bonds. The van der Waals surface area contributed by atoms with Crippen LogP contribution in [-0.2, 0) is 4.74 Å². The van der Waals surface area contributed by atoms with Gasteiger partial charge in [0, 0.05) is 6.07 Å². The van der Waals surface area contributed by atoms with Crippen LogP contribution in [0.2, 0.25) is 0 Å². The van der Waals surface area contributed by atoms with Crippen LogP contribution in [0.4, 0.5) is 0 Å². The van der Waals surface area contributed by atoms with Crippen molar-refractivity contribution in [1.82, 2.24) is 9.97 Å². The Labute approximate surface area is 80.1 Å². The van der Waals surface area contributed by atoms with Gasteiger partial charge in [-0.1, -0.05) is 0 Å². The SMILES string of the molecule is NC(=O)c1cc(OC2COC2)ncn1. The molecule has 1 saturated heterocycles. The fraction of sp³-hybridized carbons (Fsp3) is 0.375. The lowest BCUT2D eigenvalue weighted by molar-refractivity contribution is -0.0814. The Bertz CT molecular complexity index is 351. The molecule has 0 spiro atoms. The average molecular weight is 195 g/mol. The van der Waals surface area contributed by atoms with Crippen LogP contribution < -0.4 is 10.5 Å². The fourth-order valence-corrected chi connectivity index (χ4v) is 0.992. The number of carbonyl (C=O) groups excluding carboxylic acids is 1. The highest BCUT2D eigenvalue weighted by Gasteiger charge is 2.20. The maximum Gasteiger partial charge on any atom is 0.267 e. The second-order valence-electron chi connectivity index (χ2n) is 2.88. The minimum absolute atomic E-state index is 0.0191. The molecule has 0 aromatic carbocycles. The van der Waals surface area contributed by atoms with Gasteiger partial charge in [0.25, 0.3) is 5.91 Å². The Balaban J connectivity index is 2.09. The first kappa shape index (κ1) is 8.89. The largest absolute Gasteiger partial charge is 0.469 e. The van der Waals surface area contributed by atoms with Crippen molar-refractivity contribution in [2.24, 2.45) is 5.73 Å². The highest BCUT2D eigenvalue weighted by atomic mass is 16.6. The summed E-state index contributed by atoms with van der Waals surface area (Å²) in [6.45, 7) is 1.10. The number of carbonyl (C=O) groups is 1. The molecule has 2 heterocycles. The standard InChI is InChI=1S/C8H9N3O3/c9-8(12)6-1-7(11-4-10-6)14-5-2-13-3-5/h1,4-5H,2-3H2,(H2,9,12). The minimum atomic E-state index is -0.595. The molecule has 2 N–H and O–H groups in total. The predicted molar refractivity (Wildman–Crippen MR) is 45.8 cm³/mol. The van der Waals surface area contributed by atoms with Crippen LogP contribution in [-0.4, -0.2) is 35.2 Å². The predicted octanol–water partition coefficient (Wildman–Crippen LogP) is -0.647. The summed E-state index contributed by atoms with van der Waals surface area (Å²) in [4.78, 5) is 18.3. The van der Waals surface area contributed by atoms with Crippen molar-refractivity contribution in [3.05, 3.63) is 18.1 Å². The fourth-order valence-electron chi connectivity index (χ4n) is 0.992. The number of rotatable bonds is 3. The van der Waals surface area contributed by atoms with Gasteiger partial charge in [-0.3, -0.25) is 4.79 Å². The molecule has 1 aliphatic rings. The molecule has 0 unspecified atom stereocenters. The molecule has 14 heavy (non-hydrogen) atoms. The molecule has 0 radical (unpaired) electrons. The lowest BCUT2D eigenvalue weighted by Gasteiger charge is -2.25. The molecule has 2 rings (SSSR count). The zero-order chi connectivity index (χ0) is 9.97. The monoisotopic (exact) mass is 195 g/mol. The summed E-state index contributed by atoms with van der Waals surface area (Å²) in [5.74, 6) is -0.246. The smallest absolute Gasteiger partial charge is 0.267 e. The van der Waals surface area contributed by atoms with Gasteiger partial charge in [-0.15, -0.1) is 0 Å². The van der Waals surface area contributed by atoms with Crippen LogP contribution >= 0.6 is 0 Å². The van der Waals surface area contributed by atoms with Crippen LogP contribution in [0.1, 0.15) is 10.5 Å². The first-order valence-electron chi connectivity index (χ1n) is 4.12. The number of hydrogen-bond acceptors (Lipinski definition) is 5. The topological polar surface area (TPSA) is 87.3 Å². The second kappa shape index (κ2) is 3.59. The molecule has 1 aliphatic heterocycles. The number of nitrogens with zero attached hydrogens (tertiary/aromatic N) is 2. The summed E-state index contributed by atoms with van der Waals surface area (Å²) < 4.78 is 10.3. The van der Waals surface area contributed by atoms with Gasteiger partial charge in [0.2, 0.25) is 5.88 Å². The third kappa shape index (κ3) is 1.80. The van der Waals surface area contributed by atoms with Gasteiger partial charge in [0.05, 0.1) is 13.2 Å². The molecular weight excluding hydrogens is 186 g/mol. The molecule has 6 heteroatoms. The highest BCUT2D eigenvalue weighted by molar-refractivity contribution is 5.90. The summed E-state index contributed by atoms with van der Waals surface area (Å²) >= 11 is 0. The van der Waals surface area contributed by atoms with Crippen molar-refractivity contribution in [3.8, 4) is 5.88 Å². The Morgan fingerprint density at radius 2 is 2.36 bits per heavy atom. The summed E-state index contributed by atoms with van der Waals surface area (Å²) in [6.07, 6.45) is 1.26. The van der Waals surface area contributed by atoms with Crippen molar-refractivity contribution in [3.63, 3.8) is 0 Å². The van der Waals surface area contributed by atoms with Gasteiger partial charge in [0.1, 0.15) is 18.1 Å². The number of nitrogens with two attached hydrogens (primary N) is 1. The zero-order valence-corrected chi connectivity index (χ0v) is 7.34. The third-order valence-corrected chi connectivity index (χ3v) is 1.79. The quantitative estimate of drug-likeness (QED) is 0.692. The third-order valence-electron chi connectivity index (χ3n) is 1.79. The number of amides is 1. The van der Waals surface area contributed by atoms with Crippen molar-refractivity contribution < 1.29 is 14.3 Å². The van der Waals surface area contributed by atoms with E-state index in [0.29, 0.717) is 19.1 Å². The van der Waals surface area contributed by atoms with Crippen LogP contribution in [0, 0.1) is 0 Å². The molecule has 0 bridgehead atoms. The van der Waals surface area contributed by atoms with E-state index in [4.69, 9.17) is 15.2 Å². The highest BCUT2D eigenvalue weighted by Crippen LogP contribution is 2.12. The summed E-state index contributed by atoms with van der Waals surface area (Å²) in [6, 6.07) is 1.42. The van der Waals surface area contributed by atoms with Gasteiger partial charge in [-0.2, -0.15) is 0 Å². The average Bonchev–Trinajstić information content (AvgIpc) is 2.12. The molecular formula is C8H9N3O3. The van der Waals surface area contributed by atoms with Crippen molar-refractivity contribution in [2.75, 3.05) is 13.2 Å².